The normalized spacial score (nSPS) is 16.8. The quantitative estimate of drug-likeness (QED) is 0.662. The lowest BCUT2D eigenvalue weighted by molar-refractivity contribution is 0.463. The van der Waals surface area contributed by atoms with Gasteiger partial charge in [0.15, 0.2) is 0 Å². The van der Waals surface area contributed by atoms with E-state index >= 15 is 0 Å². The van der Waals surface area contributed by atoms with Gasteiger partial charge in [0.1, 0.15) is 5.75 Å². The van der Waals surface area contributed by atoms with Crippen molar-refractivity contribution in [1.82, 2.24) is 4.98 Å². The van der Waals surface area contributed by atoms with Crippen LogP contribution in [0.15, 0.2) is 12.3 Å². The van der Waals surface area contributed by atoms with Crippen molar-refractivity contribution in [2.75, 3.05) is 0 Å². The number of nitrogens with zero attached hydrogens (tertiary/aromatic N) is 1. The van der Waals surface area contributed by atoms with E-state index in [2.05, 4.69) is 4.98 Å². The Bertz CT molecular complexity index is 279. The van der Waals surface area contributed by atoms with Gasteiger partial charge in [-0.2, -0.15) is 0 Å². The second-order valence-corrected chi connectivity index (χ2v) is 3.19. The largest absolute Gasteiger partial charge is 0.506 e. The van der Waals surface area contributed by atoms with E-state index in [-0.39, 0.29) is 0 Å². The molecular weight excluding hydrogens is 138 g/mol. The fraction of sp³-hybridized carbons (Fsp3) is 0.444. The van der Waals surface area contributed by atoms with Crippen LogP contribution in [-0.4, -0.2) is 10.1 Å². The summed E-state index contributed by atoms with van der Waals surface area (Å²) in [6.07, 6.45) is 4.18. The highest BCUT2D eigenvalue weighted by atomic mass is 16.3. The maximum Gasteiger partial charge on any atom is 0.137 e. The molecule has 1 N–H and O–H groups in total. The first-order chi connectivity index (χ1) is 5.27. The van der Waals surface area contributed by atoms with Crippen LogP contribution < -0.4 is 0 Å². The van der Waals surface area contributed by atoms with E-state index in [4.69, 9.17) is 0 Å². The van der Waals surface area contributed by atoms with Crippen molar-refractivity contribution < 1.29 is 5.11 Å². The van der Waals surface area contributed by atoms with Crippen LogP contribution in [0.2, 0.25) is 0 Å². The predicted molar refractivity (Wildman–Crippen MR) is 42.6 cm³/mol. The van der Waals surface area contributed by atoms with Crippen LogP contribution in [0, 0.1) is 6.92 Å². The number of hydrogen-bond donors (Lipinski definition) is 1. The molecule has 1 heterocycles. The zero-order valence-electron chi connectivity index (χ0n) is 6.54. The molecule has 2 rings (SSSR count). The lowest BCUT2D eigenvalue weighted by Gasteiger charge is -2.00. The molecule has 1 saturated carbocycles. The Morgan fingerprint density at radius 3 is 2.82 bits per heavy atom. The van der Waals surface area contributed by atoms with E-state index in [1.807, 2.05) is 13.1 Å². The molecule has 58 valence electrons. The molecule has 1 fully saturated rings. The summed E-state index contributed by atoms with van der Waals surface area (Å²) in [6.45, 7) is 1.93. The lowest BCUT2D eigenvalue weighted by Crippen LogP contribution is -1.87. The fourth-order valence-electron chi connectivity index (χ4n) is 1.24. The van der Waals surface area contributed by atoms with Crippen molar-refractivity contribution in [3.8, 4) is 5.75 Å². The first-order valence-corrected chi connectivity index (χ1v) is 3.93. The van der Waals surface area contributed by atoms with Crippen molar-refractivity contribution in [1.29, 1.82) is 0 Å². The van der Waals surface area contributed by atoms with E-state index in [9.17, 15) is 5.11 Å². The number of hydrogen-bond acceptors (Lipinski definition) is 2. The lowest BCUT2D eigenvalue weighted by atomic mass is 10.2. The van der Waals surface area contributed by atoms with Gasteiger partial charge < -0.3 is 5.11 Å². The second-order valence-electron chi connectivity index (χ2n) is 3.19. The van der Waals surface area contributed by atoms with Crippen LogP contribution in [0.3, 0.4) is 0 Å². The maximum absolute atomic E-state index is 9.44. The molecule has 0 unspecified atom stereocenters. The average Bonchev–Trinajstić information content (AvgIpc) is 2.70. The van der Waals surface area contributed by atoms with Crippen LogP contribution in [0.25, 0.3) is 0 Å². The van der Waals surface area contributed by atoms with Gasteiger partial charge in [0, 0.05) is 12.1 Å². The zero-order valence-corrected chi connectivity index (χ0v) is 6.54. The molecule has 1 aromatic rings. The smallest absolute Gasteiger partial charge is 0.137 e. The van der Waals surface area contributed by atoms with Crippen molar-refractivity contribution in [3.63, 3.8) is 0 Å². The van der Waals surface area contributed by atoms with Gasteiger partial charge in [0.25, 0.3) is 0 Å². The molecule has 1 aliphatic carbocycles. The van der Waals surface area contributed by atoms with Crippen molar-refractivity contribution in [3.05, 3.63) is 23.5 Å². The Balaban J connectivity index is 2.39. The van der Waals surface area contributed by atoms with Crippen molar-refractivity contribution >= 4 is 0 Å². The molecule has 0 aromatic carbocycles. The fourth-order valence-corrected chi connectivity index (χ4v) is 1.24. The van der Waals surface area contributed by atoms with Gasteiger partial charge in [-0.15, -0.1) is 0 Å². The van der Waals surface area contributed by atoms with Crippen molar-refractivity contribution in [2.45, 2.75) is 25.7 Å². The van der Waals surface area contributed by atoms with Gasteiger partial charge in [0.05, 0.1) is 5.69 Å². The number of aromatic nitrogens is 1. The third-order valence-corrected chi connectivity index (χ3v) is 2.00. The van der Waals surface area contributed by atoms with Gasteiger partial charge >= 0.3 is 0 Å². The predicted octanol–water partition coefficient (Wildman–Crippen LogP) is 1.97. The Kier molecular flexibility index (Phi) is 1.34. The summed E-state index contributed by atoms with van der Waals surface area (Å²) in [4.78, 5) is 4.19. The van der Waals surface area contributed by atoms with Crippen LogP contribution in [0.5, 0.6) is 5.75 Å². The summed E-state index contributed by atoms with van der Waals surface area (Å²) in [7, 11) is 0. The minimum atomic E-state index is 0.368. The van der Waals surface area contributed by atoms with E-state index in [1.165, 1.54) is 12.8 Å². The monoisotopic (exact) mass is 149 g/mol. The standard InChI is InChI=1S/C9H11NO/c1-6-4-8(11)9(10-5-6)7-2-3-7/h4-5,7,11H,2-3H2,1H3. The Morgan fingerprint density at radius 1 is 1.55 bits per heavy atom. The Hall–Kier alpha value is -1.05. The maximum atomic E-state index is 9.44. The molecule has 0 saturated heterocycles. The molecule has 0 atom stereocenters. The molecule has 2 nitrogen and oxygen atoms in total. The zero-order chi connectivity index (χ0) is 7.84. The molecule has 0 aliphatic heterocycles. The summed E-state index contributed by atoms with van der Waals surface area (Å²) in [6, 6.07) is 1.78. The molecule has 2 heteroatoms. The van der Waals surface area contributed by atoms with Gasteiger partial charge in [-0.3, -0.25) is 4.98 Å². The SMILES string of the molecule is Cc1cnc(C2CC2)c(O)c1. The summed E-state index contributed by atoms with van der Waals surface area (Å²) in [5, 5.41) is 9.44. The highest BCUT2D eigenvalue weighted by Gasteiger charge is 2.27. The highest BCUT2D eigenvalue weighted by Crippen LogP contribution is 2.42. The molecule has 1 aromatic heterocycles. The van der Waals surface area contributed by atoms with Gasteiger partial charge in [-0.1, -0.05) is 0 Å². The van der Waals surface area contributed by atoms with Gasteiger partial charge in [-0.25, -0.2) is 0 Å². The molecule has 0 spiro atoms. The minimum Gasteiger partial charge on any atom is -0.506 e. The number of pyridine rings is 1. The van der Waals surface area contributed by atoms with E-state index < -0.39 is 0 Å². The Morgan fingerprint density at radius 2 is 2.27 bits per heavy atom. The molecular formula is C9H11NO. The molecule has 0 bridgehead atoms. The van der Waals surface area contributed by atoms with Gasteiger partial charge in [0.2, 0.25) is 0 Å². The van der Waals surface area contributed by atoms with E-state index in [1.54, 1.807) is 6.07 Å². The molecule has 11 heavy (non-hydrogen) atoms. The topological polar surface area (TPSA) is 33.1 Å². The summed E-state index contributed by atoms with van der Waals surface area (Å²) >= 11 is 0. The number of aromatic hydroxyl groups is 1. The Labute approximate surface area is 65.9 Å². The average molecular weight is 149 g/mol. The van der Waals surface area contributed by atoms with Crippen LogP contribution >= 0.6 is 0 Å². The molecule has 0 radical (unpaired) electrons. The van der Waals surface area contributed by atoms with Crippen LogP contribution in [0.1, 0.15) is 30.0 Å². The summed E-state index contributed by atoms with van der Waals surface area (Å²) in [5.41, 5.74) is 1.91. The first-order valence-electron chi connectivity index (χ1n) is 3.93. The van der Waals surface area contributed by atoms with E-state index in [0.717, 1.165) is 11.3 Å². The van der Waals surface area contributed by atoms with Crippen molar-refractivity contribution in [2.24, 2.45) is 0 Å². The highest BCUT2D eigenvalue weighted by molar-refractivity contribution is 5.33. The van der Waals surface area contributed by atoms with E-state index in [0.29, 0.717) is 11.7 Å². The van der Waals surface area contributed by atoms with Gasteiger partial charge in [-0.05, 0) is 31.4 Å². The summed E-state index contributed by atoms with van der Waals surface area (Å²) < 4.78 is 0. The molecule has 1 aliphatic rings. The first kappa shape index (κ1) is 6.65. The second kappa shape index (κ2) is 2.22. The minimum absolute atomic E-state index is 0.368. The number of aryl methyl sites for hydroxylation is 1. The third-order valence-electron chi connectivity index (χ3n) is 2.00. The third kappa shape index (κ3) is 1.20. The van der Waals surface area contributed by atoms with Crippen LogP contribution in [-0.2, 0) is 0 Å². The summed E-state index contributed by atoms with van der Waals surface area (Å²) in [5.74, 6) is 0.906. The molecule has 0 amide bonds. The van der Waals surface area contributed by atoms with Crippen LogP contribution in [0.4, 0.5) is 0 Å². The number of rotatable bonds is 1.